The summed E-state index contributed by atoms with van der Waals surface area (Å²) in [5, 5.41) is 6.57. The van der Waals surface area contributed by atoms with Crippen molar-refractivity contribution in [1.82, 2.24) is 0 Å². The highest BCUT2D eigenvalue weighted by Gasteiger charge is 2.14. The monoisotopic (exact) mass is 318 g/mol. The fourth-order valence-corrected chi connectivity index (χ4v) is 2.41. The lowest BCUT2D eigenvalue weighted by Crippen LogP contribution is -2.22. The van der Waals surface area contributed by atoms with Gasteiger partial charge in [-0.15, -0.1) is 0 Å². The Morgan fingerprint density at radius 3 is 2.82 bits per heavy atom. The van der Waals surface area contributed by atoms with Gasteiger partial charge < -0.3 is 20.1 Å². The Labute approximate surface area is 133 Å². The Hall–Kier alpha value is -2.40. The first kappa shape index (κ1) is 14.5. The highest BCUT2D eigenvalue weighted by atomic mass is 35.5. The third-order valence-corrected chi connectivity index (χ3v) is 3.52. The Bertz CT molecular complexity index is 719. The molecular formula is C16H15ClN2O3. The van der Waals surface area contributed by atoms with Crippen molar-refractivity contribution < 1.29 is 14.3 Å². The van der Waals surface area contributed by atoms with Gasteiger partial charge in [-0.05, 0) is 42.8 Å². The molecule has 3 rings (SSSR count). The molecule has 2 aromatic rings. The zero-order valence-electron chi connectivity index (χ0n) is 12.0. The highest BCUT2D eigenvalue weighted by molar-refractivity contribution is 6.30. The molecule has 1 aliphatic heterocycles. The summed E-state index contributed by atoms with van der Waals surface area (Å²) in [7, 11) is 0. The molecule has 0 spiro atoms. The van der Waals surface area contributed by atoms with E-state index in [0.29, 0.717) is 22.2 Å². The minimum Gasteiger partial charge on any atom is -0.454 e. The van der Waals surface area contributed by atoms with Gasteiger partial charge in [-0.1, -0.05) is 11.6 Å². The van der Waals surface area contributed by atoms with E-state index in [1.54, 1.807) is 24.3 Å². The van der Waals surface area contributed by atoms with Crippen LogP contribution in [0.1, 0.15) is 5.56 Å². The van der Waals surface area contributed by atoms with Crippen LogP contribution in [0.15, 0.2) is 36.4 Å². The number of halogens is 1. The molecule has 5 nitrogen and oxygen atoms in total. The van der Waals surface area contributed by atoms with Gasteiger partial charge in [-0.25, -0.2) is 0 Å². The lowest BCUT2D eigenvalue weighted by Gasteiger charge is -2.10. The van der Waals surface area contributed by atoms with Crippen LogP contribution in [0.2, 0.25) is 5.02 Å². The second-order valence-corrected chi connectivity index (χ2v) is 5.37. The van der Waals surface area contributed by atoms with Crippen molar-refractivity contribution in [3.8, 4) is 11.5 Å². The number of hydrogen-bond acceptors (Lipinski definition) is 4. The van der Waals surface area contributed by atoms with E-state index in [0.717, 1.165) is 11.3 Å². The summed E-state index contributed by atoms with van der Waals surface area (Å²) in [5.41, 5.74) is 2.54. The van der Waals surface area contributed by atoms with Gasteiger partial charge in [0.25, 0.3) is 0 Å². The quantitative estimate of drug-likeness (QED) is 0.906. The fraction of sp³-hybridized carbons (Fsp3) is 0.188. The first-order valence-electron chi connectivity index (χ1n) is 6.81. The summed E-state index contributed by atoms with van der Waals surface area (Å²) in [6, 6.07) is 10.8. The van der Waals surface area contributed by atoms with Crippen molar-refractivity contribution in [2.75, 3.05) is 24.0 Å². The van der Waals surface area contributed by atoms with Crippen LogP contribution >= 0.6 is 11.6 Å². The molecule has 1 amide bonds. The summed E-state index contributed by atoms with van der Waals surface area (Å²) in [4.78, 5) is 12.0. The predicted octanol–water partition coefficient (Wildman–Crippen LogP) is 3.43. The Balaban J connectivity index is 1.58. The van der Waals surface area contributed by atoms with Gasteiger partial charge in [0.15, 0.2) is 11.5 Å². The molecule has 0 radical (unpaired) electrons. The molecule has 0 unspecified atom stereocenters. The number of carbonyl (C=O) groups excluding carboxylic acids is 1. The Morgan fingerprint density at radius 2 is 2.00 bits per heavy atom. The average molecular weight is 319 g/mol. The summed E-state index contributed by atoms with van der Waals surface area (Å²) in [5.74, 6) is 1.18. The first-order chi connectivity index (χ1) is 10.6. The number of aryl methyl sites for hydroxylation is 1. The first-order valence-corrected chi connectivity index (χ1v) is 7.19. The molecule has 0 saturated carbocycles. The van der Waals surface area contributed by atoms with Crippen LogP contribution in [0.5, 0.6) is 11.5 Å². The van der Waals surface area contributed by atoms with Crippen LogP contribution in [0.25, 0.3) is 0 Å². The van der Waals surface area contributed by atoms with Crippen molar-refractivity contribution in [3.05, 3.63) is 47.0 Å². The van der Waals surface area contributed by atoms with Gasteiger partial charge in [0, 0.05) is 22.5 Å². The van der Waals surface area contributed by atoms with E-state index in [1.165, 1.54) is 0 Å². The largest absolute Gasteiger partial charge is 0.454 e. The number of carbonyl (C=O) groups is 1. The Kier molecular flexibility index (Phi) is 4.06. The SMILES string of the molecule is Cc1cc(Cl)ccc1NCC(=O)Nc1ccc2c(c1)OCO2. The van der Waals surface area contributed by atoms with Gasteiger partial charge >= 0.3 is 0 Å². The maximum atomic E-state index is 12.0. The van der Waals surface area contributed by atoms with E-state index in [4.69, 9.17) is 21.1 Å². The number of amides is 1. The van der Waals surface area contributed by atoms with E-state index >= 15 is 0 Å². The van der Waals surface area contributed by atoms with Gasteiger partial charge in [0.05, 0.1) is 6.54 Å². The normalized spacial score (nSPS) is 12.1. The number of ether oxygens (including phenoxy) is 2. The van der Waals surface area contributed by atoms with Crippen LogP contribution in [0.3, 0.4) is 0 Å². The van der Waals surface area contributed by atoms with E-state index in [2.05, 4.69) is 10.6 Å². The lowest BCUT2D eigenvalue weighted by atomic mass is 10.2. The highest BCUT2D eigenvalue weighted by Crippen LogP contribution is 2.34. The summed E-state index contributed by atoms with van der Waals surface area (Å²) in [6.45, 7) is 2.31. The number of anilines is 2. The molecule has 2 aromatic carbocycles. The topological polar surface area (TPSA) is 59.6 Å². The van der Waals surface area contributed by atoms with E-state index in [1.807, 2.05) is 19.1 Å². The number of rotatable bonds is 4. The van der Waals surface area contributed by atoms with Crippen molar-refractivity contribution >= 4 is 28.9 Å². The molecule has 0 atom stereocenters. The second-order valence-electron chi connectivity index (χ2n) is 4.93. The molecule has 0 fully saturated rings. The molecule has 2 N–H and O–H groups in total. The van der Waals surface area contributed by atoms with Crippen LogP contribution in [0, 0.1) is 6.92 Å². The molecule has 0 aromatic heterocycles. The van der Waals surface area contributed by atoms with Crippen LogP contribution < -0.4 is 20.1 Å². The number of benzene rings is 2. The zero-order valence-corrected chi connectivity index (χ0v) is 12.7. The van der Waals surface area contributed by atoms with Gasteiger partial charge in [-0.2, -0.15) is 0 Å². The number of nitrogens with one attached hydrogen (secondary N) is 2. The number of hydrogen-bond donors (Lipinski definition) is 2. The minimum atomic E-state index is -0.145. The lowest BCUT2D eigenvalue weighted by molar-refractivity contribution is -0.114. The van der Waals surface area contributed by atoms with Gasteiger partial charge in [-0.3, -0.25) is 4.79 Å². The molecule has 114 valence electrons. The standard InChI is InChI=1S/C16H15ClN2O3/c1-10-6-11(17)2-4-13(10)18-8-16(20)19-12-3-5-14-15(7-12)22-9-21-14/h2-7,18H,8-9H2,1H3,(H,19,20). The summed E-state index contributed by atoms with van der Waals surface area (Å²) >= 11 is 5.90. The molecule has 0 saturated heterocycles. The molecule has 1 heterocycles. The van der Waals surface area contributed by atoms with Crippen LogP contribution in [-0.2, 0) is 4.79 Å². The Morgan fingerprint density at radius 1 is 1.18 bits per heavy atom. The molecule has 1 aliphatic rings. The van der Waals surface area contributed by atoms with Crippen molar-refractivity contribution in [1.29, 1.82) is 0 Å². The fourth-order valence-electron chi connectivity index (χ4n) is 2.18. The third kappa shape index (κ3) is 3.26. The summed E-state index contributed by atoms with van der Waals surface area (Å²) in [6.07, 6.45) is 0. The smallest absolute Gasteiger partial charge is 0.243 e. The summed E-state index contributed by atoms with van der Waals surface area (Å²) < 4.78 is 10.5. The van der Waals surface area contributed by atoms with E-state index in [-0.39, 0.29) is 19.2 Å². The van der Waals surface area contributed by atoms with E-state index < -0.39 is 0 Å². The molecule has 22 heavy (non-hydrogen) atoms. The molecule has 0 aliphatic carbocycles. The van der Waals surface area contributed by atoms with Crippen molar-refractivity contribution in [2.45, 2.75) is 6.92 Å². The van der Waals surface area contributed by atoms with Crippen molar-refractivity contribution in [2.24, 2.45) is 0 Å². The maximum absolute atomic E-state index is 12.0. The minimum absolute atomic E-state index is 0.145. The third-order valence-electron chi connectivity index (χ3n) is 3.28. The average Bonchev–Trinajstić information content (AvgIpc) is 2.94. The van der Waals surface area contributed by atoms with Crippen LogP contribution in [-0.4, -0.2) is 19.2 Å². The molecule has 0 bridgehead atoms. The second kappa shape index (κ2) is 6.15. The number of fused-ring (bicyclic) bond motifs is 1. The van der Waals surface area contributed by atoms with E-state index in [9.17, 15) is 4.79 Å². The molecular weight excluding hydrogens is 304 g/mol. The molecule has 6 heteroatoms. The van der Waals surface area contributed by atoms with Crippen LogP contribution in [0.4, 0.5) is 11.4 Å². The predicted molar refractivity (Wildman–Crippen MR) is 85.9 cm³/mol. The van der Waals surface area contributed by atoms with Gasteiger partial charge in [0.1, 0.15) is 0 Å². The van der Waals surface area contributed by atoms with Crippen molar-refractivity contribution in [3.63, 3.8) is 0 Å². The zero-order chi connectivity index (χ0) is 15.5. The van der Waals surface area contributed by atoms with Gasteiger partial charge in [0.2, 0.25) is 12.7 Å². The maximum Gasteiger partial charge on any atom is 0.243 e.